The maximum absolute atomic E-state index is 16.6. The van der Waals surface area contributed by atoms with Gasteiger partial charge in [0.2, 0.25) is 6.54 Å². The highest BCUT2D eigenvalue weighted by atomic mass is 35.5. The lowest BCUT2D eigenvalue weighted by atomic mass is 9.99. The summed E-state index contributed by atoms with van der Waals surface area (Å²) < 4.78 is 92.8. The number of nitrogen functional groups attached to an aromatic ring is 1. The van der Waals surface area contributed by atoms with E-state index in [1.165, 1.54) is 11.0 Å². The van der Waals surface area contributed by atoms with E-state index < -0.39 is 63.3 Å². The van der Waals surface area contributed by atoms with Gasteiger partial charge in [-0.25, -0.2) is 24.7 Å². The van der Waals surface area contributed by atoms with E-state index in [-0.39, 0.29) is 80.4 Å². The number of ether oxygens (including phenoxy) is 1. The number of alkyl halides is 4. The van der Waals surface area contributed by atoms with Gasteiger partial charge in [-0.1, -0.05) is 18.2 Å². The van der Waals surface area contributed by atoms with Gasteiger partial charge < -0.3 is 25.1 Å². The molecule has 4 heterocycles. The minimum atomic E-state index is -4.95. The molecule has 2 aromatic heterocycles. The van der Waals surface area contributed by atoms with Crippen molar-refractivity contribution >= 4 is 40.0 Å². The fourth-order valence-electron chi connectivity index (χ4n) is 6.03. The van der Waals surface area contributed by atoms with Crippen molar-refractivity contribution in [2.24, 2.45) is 0 Å². The zero-order valence-electron chi connectivity index (χ0n) is 25.2. The van der Waals surface area contributed by atoms with Crippen molar-refractivity contribution in [3.8, 4) is 17.3 Å². The molecule has 3 aromatic rings. The van der Waals surface area contributed by atoms with Gasteiger partial charge in [-0.3, -0.25) is 9.69 Å². The number of likely N-dealkylation sites (tertiary alicyclic amines) is 1. The fourth-order valence-corrected chi connectivity index (χ4v) is 6.31. The molecule has 10 nitrogen and oxygen atoms in total. The van der Waals surface area contributed by atoms with Crippen LogP contribution in [-0.4, -0.2) is 95.3 Å². The molecule has 0 saturated carbocycles. The molecule has 0 bridgehead atoms. The normalized spacial score (nSPS) is 20.5. The molecule has 250 valence electrons. The molecule has 17 heteroatoms. The summed E-state index contributed by atoms with van der Waals surface area (Å²) in [6, 6.07) is 0.657. The third kappa shape index (κ3) is 6.72. The average molecular weight is 683 g/mol. The number of benzene rings is 1. The lowest BCUT2D eigenvalue weighted by Crippen LogP contribution is -2.56. The van der Waals surface area contributed by atoms with Crippen molar-refractivity contribution in [1.82, 2.24) is 24.8 Å². The van der Waals surface area contributed by atoms with Crippen LogP contribution in [0.15, 0.2) is 24.5 Å². The topological polar surface area (TPSA) is 105 Å². The number of amides is 1. The molecule has 0 aliphatic carbocycles. The number of carbonyl (C=O) groups excluding carboxylic acids is 1. The number of aromatic nitrogens is 3. The fraction of sp³-hybridized carbons (Fsp3) is 0.433. The Labute approximate surface area is 270 Å². The lowest BCUT2D eigenvalue weighted by molar-refractivity contribution is -0.137. The molecule has 0 unspecified atom stereocenters. The van der Waals surface area contributed by atoms with E-state index in [9.17, 15) is 26.7 Å². The van der Waals surface area contributed by atoms with Gasteiger partial charge in [0.15, 0.2) is 11.6 Å². The lowest BCUT2D eigenvalue weighted by Gasteiger charge is -2.39. The molecule has 1 aromatic carbocycles. The van der Waals surface area contributed by atoms with E-state index in [1.807, 2.05) is 0 Å². The molecule has 2 saturated heterocycles. The number of hydrogen-bond acceptors (Lipinski definition) is 8. The predicted octanol–water partition coefficient (Wildman–Crippen LogP) is 5.23. The number of halogens is 7. The van der Waals surface area contributed by atoms with Crippen molar-refractivity contribution < 1.29 is 35.9 Å². The quantitative estimate of drug-likeness (QED) is 0.205. The van der Waals surface area contributed by atoms with Crippen LogP contribution in [0.25, 0.3) is 27.0 Å². The average Bonchev–Trinajstić information content (AvgIpc) is 3.30. The van der Waals surface area contributed by atoms with E-state index in [0.717, 1.165) is 13.0 Å². The minimum absolute atomic E-state index is 0.0177. The number of pyridine rings is 1. The van der Waals surface area contributed by atoms with Crippen LogP contribution < -0.4 is 15.4 Å². The monoisotopic (exact) mass is 682 g/mol. The van der Waals surface area contributed by atoms with Crippen LogP contribution in [0.5, 0.6) is 6.01 Å². The summed E-state index contributed by atoms with van der Waals surface area (Å²) in [4.78, 5) is 32.8. The van der Waals surface area contributed by atoms with Crippen LogP contribution in [0.2, 0.25) is 5.02 Å². The van der Waals surface area contributed by atoms with Gasteiger partial charge >= 0.3 is 12.2 Å². The van der Waals surface area contributed by atoms with Crippen molar-refractivity contribution in [1.29, 1.82) is 0 Å². The minimum Gasteiger partial charge on any atom is -0.462 e. The number of fused-ring (bicyclic) bond motifs is 1. The first-order chi connectivity index (χ1) is 22.1. The molecule has 2 N–H and O–H groups in total. The number of nitrogens with zero attached hydrogens (tertiary/aromatic N) is 7. The standard InChI is InChI=1S/C30H29ClF6N8O2/c1-14-7-21(38)40-26(23(14)30(35,36)37)22-20(31)9-19-25(24(22)34)41-29(47-13-17-8-16(33)11-43(17)4)42-27(19)44-5-6-45(28(46)15(2)32)18(12-44)10-39-3/h7,9,16-18H,2,5-6,8,10-13H2,1,4H3,(H2,38,40)/t16-,17+,18+/m1/s1. The molecule has 2 fully saturated rings. The Bertz CT molecular complexity index is 1780. The summed E-state index contributed by atoms with van der Waals surface area (Å²) in [5, 5.41) is -0.464. The van der Waals surface area contributed by atoms with Crippen LogP contribution in [0.1, 0.15) is 17.5 Å². The summed E-state index contributed by atoms with van der Waals surface area (Å²) in [6.45, 7) is 11.4. The Balaban J connectivity index is 1.67. The number of rotatable bonds is 7. The van der Waals surface area contributed by atoms with Gasteiger partial charge in [0.1, 0.15) is 36.0 Å². The van der Waals surface area contributed by atoms with Gasteiger partial charge in [0, 0.05) is 37.6 Å². The maximum Gasteiger partial charge on any atom is 0.418 e. The molecule has 0 radical (unpaired) electrons. The molecule has 3 atom stereocenters. The zero-order valence-corrected chi connectivity index (χ0v) is 26.0. The molecule has 2 aliphatic rings. The third-order valence-electron chi connectivity index (χ3n) is 8.22. The largest absolute Gasteiger partial charge is 0.462 e. The SMILES string of the molecule is [C-]#[N+]C[C@H]1CN(c2nc(OC[C@@H]3C[C@@H](F)CN3C)nc3c(F)c(-c4nc(N)cc(C)c4C(F)(F)F)c(Cl)cc23)CCN1C(=O)C(=C)F. The Morgan fingerprint density at radius 3 is 2.55 bits per heavy atom. The summed E-state index contributed by atoms with van der Waals surface area (Å²) in [6.07, 6.45) is -5.86. The van der Waals surface area contributed by atoms with Gasteiger partial charge in [-0.05, 0) is 38.1 Å². The van der Waals surface area contributed by atoms with Gasteiger partial charge in [0.25, 0.3) is 5.91 Å². The van der Waals surface area contributed by atoms with Crippen LogP contribution >= 0.6 is 11.6 Å². The van der Waals surface area contributed by atoms with Crippen molar-refractivity contribution in [3.63, 3.8) is 0 Å². The summed E-state index contributed by atoms with van der Waals surface area (Å²) in [7, 11) is 1.71. The van der Waals surface area contributed by atoms with E-state index >= 15 is 4.39 Å². The van der Waals surface area contributed by atoms with Crippen LogP contribution in [0.4, 0.5) is 38.0 Å². The second-order valence-corrected chi connectivity index (χ2v) is 11.8. The van der Waals surface area contributed by atoms with Crippen LogP contribution in [-0.2, 0) is 11.0 Å². The zero-order chi connectivity index (χ0) is 34.4. The van der Waals surface area contributed by atoms with Crippen LogP contribution in [0, 0.1) is 19.3 Å². The van der Waals surface area contributed by atoms with E-state index in [1.54, 1.807) is 16.8 Å². The molecular weight excluding hydrogens is 654 g/mol. The number of likely N-dealkylation sites (N-methyl/N-ethyl adjacent to an activating group) is 1. The molecule has 1 amide bonds. The molecule has 47 heavy (non-hydrogen) atoms. The highest BCUT2D eigenvalue weighted by Gasteiger charge is 2.39. The first-order valence-corrected chi connectivity index (χ1v) is 14.7. The van der Waals surface area contributed by atoms with Crippen molar-refractivity contribution in [2.75, 3.05) is 57.0 Å². The number of carbonyl (C=O) groups is 1. The first-order valence-electron chi connectivity index (χ1n) is 14.4. The molecular formula is C30H29ClF6N8O2. The Morgan fingerprint density at radius 2 is 1.94 bits per heavy atom. The highest BCUT2D eigenvalue weighted by Crippen LogP contribution is 2.44. The predicted molar refractivity (Wildman–Crippen MR) is 163 cm³/mol. The second kappa shape index (κ2) is 13.0. The van der Waals surface area contributed by atoms with E-state index in [0.29, 0.717) is 0 Å². The Morgan fingerprint density at radius 1 is 1.21 bits per heavy atom. The third-order valence-corrected chi connectivity index (χ3v) is 8.52. The van der Waals surface area contributed by atoms with Crippen molar-refractivity contribution in [3.05, 3.63) is 57.9 Å². The Kier molecular flexibility index (Phi) is 9.43. The number of aryl methyl sites for hydroxylation is 1. The number of nitrogens with two attached hydrogens (primary N) is 1. The summed E-state index contributed by atoms with van der Waals surface area (Å²) in [5.41, 5.74) is 2.24. The molecule has 5 rings (SSSR count). The number of piperazine rings is 1. The number of anilines is 2. The molecule has 0 spiro atoms. The first kappa shape index (κ1) is 34.0. The van der Waals surface area contributed by atoms with Gasteiger partial charge in [-0.15, -0.1) is 0 Å². The van der Waals surface area contributed by atoms with Gasteiger partial charge in [0.05, 0.1) is 21.8 Å². The smallest absolute Gasteiger partial charge is 0.418 e. The maximum atomic E-state index is 16.6. The van der Waals surface area contributed by atoms with E-state index in [2.05, 4.69) is 26.4 Å². The van der Waals surface area contributed by atoms with Crippen LogP contribution in [0.3, 0.4) is 0 Å². The summed E-state index contributed by atoms with van der Waals surface area (Å²) >= 11 is 6.50. The van der Waals surface area contributed by atoms with E-state index in [4.69, 9.17) is 28.6 Å². The van der Waals surface area contributed by atoms with Crippen molar-refractivity contribution in [2.45, 2.75) is 37.8 Å². The second-order valence-electron chi connectivity index (χ2n) is 11.4. The van der Waals surface area contributed by atoms with Gasteiger partial charge in [-0.2, -0.15) is 23.1 Å². The summed E-state index contributed by atoms with van der Waals surface area (Å²) in [5.74, 6) is -3.70. The number of hydrogen-bond donors (Lipinski definition) is 1. The highest BCUT2D eigenvalue weighted by molar-refractivity contribution is 6.34. The Hall–Kier alpha value is -4.36. The molecule has 2 aliphatic heterocycles.